The Morgan fingerprint density at radius 3 is 3.05 bits per heavy atom. The lowest BCUT2D eigenvalue weighted by atomic mass is 10.1. The highest BCUT2D eigenvalue weighted by Crippen LogP contribution is 2.14. The van der Waals surface area contributed by atoms with Crippen LogP contribution in [0.3, 0.4) is 0 Å². The fraction of sp³-hybridized carbons (Fsp3) is 0.375. The van der Waals surface area contributed by atoms with Crippen LogP contribution in [0.4, 0.5) is 4.79 Å². The molecule has 0 saturated carbocycles. The molecular formula is C16H20N4O2. The molecule has 0 bridgehead atoms. The van der Waals surface area contributed by atoms with Gasteiger partial charge in [0.15, 0.2) is 0 Å². The molecule has 2 aromatic rings. The highest BCUT2D eigenvalue weighted by molar-refractivity contribution is 5.80. The minimum atomic E-state index is -0.0839. The fourth-order valence-electron chi connectivity index (χ4n) is 2.84. The van der Waals surface area contributed by atoms with E-state index in [-0.39, 0.29) is 18.0 Å². The monoisotopic (exact) mass is 300 g/mol. The lowest BCUT2D eigenvalue weighted by molar-refractivity contribution is -0.119. The Kier molecular flexibility index (Phi) is 4.00. The van der Waals surface area contributed by atoms with Crippen LogP contribution in [-0.2, 0) is 11.3 Å². The maximum atomic E-state index is 12.2. The highest BCUT2D eigenvalue weighted by Gasteiger charge is 2.26. The molecule has 2 heterocycles. The number of aromatic amines is 1. The summed E-state index contributed by atoms with van der Waals surface area (Å²) in [6.45, 7) is 3.24. The Labute approximate surface area is 128 Å². The zero-order valence-electron chi connectivity index (χ0n) is 12.6. The number of hydrogen-bond donors (Lipinski definition) is 3. The molecule has 1 aliphatic heterocycles. The molecule has 1 fully saturated rings. The zero-order chi connectivity index (χ0) is 15.5. The fourth-order valence-corrected chi connectivity index (χ4v) is 2.84. The minimum absolute atomic E-state index is 0.0495. The van der Waals surface area contributed by atoms with Gasteiger partial charge in [0.2, 0.25) is 5.91 Å². The molecule has 0 spiro atoms. The minimum Gasteiger partial charge on any atom is -0.361 e. The number of nitrogens with one attached hydrogen (secondary N) is 3. The number of amides is 3. The molecule has 1 unspecified atom stereocenters. The Balaban J connectivity index is 1.53. The van der Waals surface area contributed by atoms with Crippen LogP contribution in [0.2, 0.25) is 0 Å². The summed E-state index contributed by atoms with van der Waals surface area (Å²) in [5.74, 6) is -0.0495. The van der Waals surface area contributed by atoms with Crippen molar-refractivity contribution in [2.24, 2.45) is 0 Å². The largest absolute Gasteiger partial charge is 0.361 e. The number of rotatable bonds is 3. The SMILES string of the molecule is CC(=O)NC1CCN(C(=O)NCc2ccc3cc[nH]c3c2)C1. The first-order valence-corrected chi connectivity index (χ1v) is 7.48. The van der Waals surface area contributed by atoms with Crippen molar-refractivity contribution < 1.29 is 9.59 Å². The van der Waals surface area contributed by atoms with Crippen molar-refractivity contribution in [2.45, 2.75) is 25.9 Å². The van der Waals surface area contributed by atoms with Crippen LogP contribution in [0.1, 0.15) is 18.9 Å². The Morgan fingerprint density at radius 1 is 1.36 bits per heavy atom. The Bertz CT molecular complexity index is 694. The summed E-state index contributed by atoms with van der Waals surface area (Å²) in [6.07, 6.45) is 2.71. The van der Waals surface area contributed by atoms with Gasteiger partial charge >= 0.3 is 6.03 Å². The molecule has 3 amide bonds. The van der Waals surface area contributed by atoms with Crippen molar-refractivity contribution >= 4 is 22.8 Å². The van der Waals surface area contributed by atoms with Gasteiger partial charge in [0.1, 0.15) is 0 Å². The summed E-state index contributed by atoms with van der Waals surface area (Å²) in [5, 5.41) is 6.94. The van der Waals surface area contributed by atoms with E-state index in [0.717, 1.165) is 22.9 Å². The van der Waals surface area contributed by atoms with Crippen LogP contribution in [0.25, 0.3) is 10.9 Å². The first-order valence-electron chi connectivity index (χ1n) is 7.48. The number of carbonyl (C=O) groups excluding carboxylic acids is 2. The van der Waals surface area contributed by atoms with Crippen LogP contribution >= 0.6 is 0 Å². The zero-order valence-corrected chi connectivity index (χ0v) is 12.6. The van der Waals surface area contributed by atoms with Gasteiger partial charge in [-0.3, -0.25) is 4.79 Å². The van der Waals surface area contributed by atoms with E-state index in [1.807, 2.05) is 30.5 Å². The maximum absolute atomic E-state index is 12.2. The Morgan fingerprint density at radius 2 is 2.23 bits per heavy atom. The summed E-state index contributed by atoms with van der Waals surface area (Å²) < 4.78 is 0. The first kappa shape index (κ1) is 14.4. The molecule has 1 aliphatic rings. The van der Waals surface area contributed by atoms with E-state index >= 15 is 0 Å². The van der Waals surface area contributed by atoms with Crippen LogP contribution in [0.5, 0.6) is 0 Å². The van der Waals surface area contributed by atoms with Crippen molar-refractivity contribution in [2.75, 3.05) is 13.1 Å². The molecule has 116 valence electrons. The number of hydrogen-bond acceptors (Lipinski definition) is 2. The second-order valence-electron chi connectivity index (χ2n) is 5.69. The molecule has 6 heteroatoms. The van der Waals surface area contributed by atoms with Crippen LogP contribution in [0.15, 0.2) is 30.5 Å². The summed E-state index contributed by atoms with van der Waals surface area (Å²) in [5.41, 5.74) is 2.12. The van der Waals surface area contributed by atoms with Crippen molar-refractivity contribution in [3.8, 4) is 0 Å². The van der Waals surface area contributed by atoms with Crippen LogP contribution < -0.4 is 10.6 Å². The van der Waals surface area contributed by atoms with Gasteiger partial charge in [-0.15, -0.1) is 0 Å². The van der Waals surface area contributed by atoms with E-state index in [1.54, 1.807) is 4.90 Å². The summed E-state index contributed by atoms with van der Waals surface area (Å²) in [6, 6.07) is 8.10. The number of fused-ring (bicyclic) bond motifs is 1. The van der Waals surface area contributed by atoms with E-state index in [0.29, 0.717) is 19.6 Å². The lowest BCUT2D eigenvalue weighted by Crippen LogP contribution is -2.41. The molecule has 1 atom stereocenters. The predicted molar refractivity (Wildman–Crippen MR) is 84.3 cm³/mol. The molecule has 1 saturated heterocycles. The van der Waals surface area contributed by atoms with Gasteiger partial charge in [-0.05, 0) is 29.5 Å². The highest BCUT2D eigenvalue weighted by atomic mass is 16.2. The number of urea groups is 1. The number of H-pyrrole nitrogens is 1. The third-order valence-electron chi connectivity index (χ3n) is 3.95. The van der Waals surface area contributed by atoms with Gasteiger partial charge in [0.05, 0.1) is 0 Å². The lowest BCUT2D eigenvalue weighted by Gasteiger charge is -2.17. The molecule has 0 aliphatic carbocycles. The van der Waals surface area contributed by atoms with E-state index in [1.165, 1.54) is 6.92 Å². The maximum Gasteiger partial charge on any atom is 0.317 e. The smallest absolute Gasteiger partial charge is 0.317 e. The second kappa shape index (κ2) is 6.09. The van der Waals surface area contributed by atoms with Gasteiger partial charge in [-0.25, -0.2) is 4.79 Å². The third kappa shape index (κ3) is 3.21. The second-order valence-corrected chi connectivity index (χ2v) is 5.69. The van der Waals surface area contributed by atoms with E-state index in [4.69, 9.17) is 0 Å². The van der Waals surface area contributed by atoms with E-state index in [2.05, 4.69) is 15.6 Å². The first-order chi connectivity index (χ1) is 10.6. The normalized spacial score (nSPS) is 17.7. The molecule has 22 heavy (non-hydrogen) atoms. The van der Waals surface area contributed by atoms with Gasteiger partial charge in [-0.1, -0.05) is 12.1 Å². The van der Waals surface area contributed by atoms with Gasteiger partial charge < -0.3 is 20.5 Å². The summed E-state index contributed by atoms with van der Waals surface area (Å²) in [7, 11) is 0. The number of carbonyl (C=O) groups is 2. The molecule has 3 N–H and O–H groups in total. The van der Waals surface area contributed by atoms with E-state index < -0.39 is 0 Å². The summed E-state index contributed by atoms with van der Waals surface area (Å²) >= 11 is 0. The van der Waals surface area contributed by atoms with Crippen molar-refractivity contribution in [3.05, 3.63) is 36.0 Å². The van der Waals surface area contributed by atoms with E-state index in [9.17, 15) is 9.59 Å². The molecular weight excluding hydrogens is 280 g/mol. The number of benzene rings is 1. The standard InChI is InChI=1S/C16H20N4O2/c1-11(21)19-14-5-7-20(10-14)16(22)18-9-12-2-3-13-4-6-17-15(13)8-12/h2-4,6,8,14,17H,5,7,9-10H2,1H3,(H,18,22)(H,19,21). The van der Waals surface area contributed by atoms with Crippen molar-refractivity contribution in [3.63, 3.8) is 0 Å². The molecule has 3 rings (SSSR count). The molecule has 1 aromatic carbocycles. The predicted octanol–water partition coefficient (Wildman–Crippen LogP) is 1.59. The number of likely N-dealkylation sites (tertiary alicyclic amines) is 1. The third-order valence-corrected chi connectivity index (χ3v) is 3.95. The average Bonchev–Trinajstić information content (AvgIpc) is 3.12. The van der Waals surface area contributed by atoms with Crippen molar-refractivity contribution in [1.29, 1.82) is 0 Å². The summed E-state index contributed by atoms with van der Waals surface area (Å²) in [4.78, 5) is 28.1. The van der Waals surface area contributed by atoms with Gasteiger partial charge in [-0.2, -0.15) is 0 Å². The average molecular weight is 300 g/mol. The van der Waals surface area contributed by atoms with Crippen LogP contribution in [-0.4, -0.2) is 41.0 Å². The number of aromatic nitrogens is 1. The molecule has 6 nitrogen and oxygen atoms in total. The molecule has 0 radical (unpaired) electrons. The number of nitrogens with zero attached hydrogens (tertiary/aromatic N) is 1. The van der Waals surface area contributed by atoms with Gasteiger partial charge in [0, 0.05) is 44.3 Å². The molecule has 1 aromatic heterocycles. The topological polar surface area (TPSA) is 77.2 Å². The van der Waals surface area contributed by atoms with Crippen LogP contribution in [0, 0.1) is 0 Å². The van der Waals surface area contributed by atoms with Crippen molar-refractivity contribution in [1.82, 2.24) is 20.5 Å². The quantitative estimate of drug-likeness (QED) is 0.805. The Hall–Kier alpha value is -2.50. The van der Waals surface area contributed by atoms with Gasteiger partial charge in [0.25, 0.3) is 0 Å².